The third-order valence-corrected chi connectivity index (χ3v) is 3.45. The van der Waals surface area contributed by atoms with Gasteiger partial charge in [0, 0.05) is 5.56 Å². The van der Waals surface area contributed by atoms with Crippen molar-refractivity contribution in [3.63, 3.8) is 0 Å². The van der Waals surface area contributed by atoms with Gasteiger partial charge in [-0.2, -0.15) is 0 Å². The minimum atomic E-state index is -0.940. The summed E-state index contributed by atoms with van der Waals surface area (Å²) in [7, 11) is 1.60. The number of ether oxygens (including phenoxy) is 2. The number of oxime groups is 1. The van der Waals surface area contributed by atoms with E-state index < -0.39 is 6.09 Å². The summed E-state index contributed by atoms with van der Waals surface area (Å²) in [6, 6.07) is 5.47. The normalized spacial score (nSPS) is 15.8. The largest absolute Gasteiger partial charge is 0.493 e. The molecule has 21 heavy (non-hydrogen) atoms. The van der Waals surface area contributed by atoms with Crippen LogP contribution >= 0.6 is 0 Å². The first-order valence-electron chi connectivity index (χ1n) is 6.96. The van der Waals surface area contributed by atoms with Gasteiger partial charge in [-0.25, -0.2) is 4.79 Å². The standard InChI is InChI=1S/C15H20N2O4/c1-10(17-21-15(16)18)11-7-8-13(19-2)14(9-11)20-12-5-3-4-6-12/h7-9,12H,3-6H2,1-2H3,(H2,16,18)/b17-10-. The Labute approximate surface area is 123 Å². The first-order chi connectivity index (χ1) is 10.1. The van der Waals surface area contributed by atoms with Crippen molar-refractivity contribution in [1.29, 1.82) is 0 Å². The number of nitrogens with zero attached hydrogens (tertiary/aromatic N) is 1. The van der Waals surface area contributed by atoms with Crippen molar-refractivity contribution in [2.24, 2.45) is 10.9 Å². The number of benzene rings is 1. The fraction of sp³-hybridized carbons (Fsp3) is 0.467. The van der Waals surface area contributed by atoms with Gasteiger partial charge >= 0.3 is 6.09 Å². The molecule has 0 bridgehead atoms. The van der Waals surface area contributed by atoms with Gasteiger partial charge in [-0.15, -0.1) is 0 Å². The third kappa shape index (κ3) is 4.11. The molecule has 0 heterocycles. The van der Waals surface area contributed by atoms with Gasteiger partial charge in [0.15, 0.2) is 11.5 Å². The molecule has 1 aliphatic rings. The van der Waals surface area contributed by atoms with Crippen LogP contribution in [0.15, 0.2) is 23.4 Å². The summed E-state index contributed by atoms with van der Waals surface area (Å²) >= 11 is 0. The van der Waals surface area contributed by atoms with Crippen molar-refractivity contribution in [3.8, 4) is 11.5 Å². The van der Waals surface area contributed by atoms with Crippen LogP contribution in [0.3, 0.4) is 0 Å². The second kappa shape index (κ2) is 6.97. The first-order valence-corrected chi connectivity index (χ1v) is 6.96. The quantitative estimate of drug-likeness (QED) is 0.514. The van der Waals surface area contributed by atoms with Crippen LogP contribution in [-0.4, -0.2) is 25.0 Å². The van der Waals surface area contributed by atoms with E-state index in [4.69, 9.17) is 15.2 Å². The Balaban J connectivity index is 2.19. The van der Waals surface area contributed by atoms with E-state index in [-0.39, 0.29) is 6.10 Å². The molecule has 1 saturated carbocycles. The molecule has 0 aromatic heterocycles. The summed E-state index contributed by atoms with van der Waals surface area (Å²) in [4.78, 5) is 15.0. The Morgan fingerprint density at radius 1 is 1.29 bits per heavy atom. The number of rotatable bonds is 5. The van der Waals surface area contributed by atoms with Crippen molar-refractivity contribution in [1.82, 2.24) is 0 Å². The fourth-order valence-corrected chi connectivity index (χ4v) is 2.35. The minimum Gasteiger partial charge on any atom is -0.493 e. The Hall–Kier alpha value is -2.24. The number of hydrogen-bond donors (Lipinski definition) is 1. The summed E-state index contributed by atoms with van der Waals surface area (Å²) in [5.41, 5.74) is 6.21. The van der Waals surface area contributed by atoms with E-state index in [0.717, 1.165) is 18.4 Å². The molecule has 0 atom stereocenters. The highest BCUT2D eigenvalue weighted by molar-refractivity contribution is 5.99. The topological polar surface area (TPSA) is 83.1 Å². The molecule has 6 heteroatoms. The van der Waals surface area contributed by atoms with E-state index in [1.807, 2.05) is 18.2 Å². The van der Waals surface area contributed by atoms with Crippen LogP contribution in [-0.2, 0) is 4.84 Å². The van der Waals surface area contributed by atoms with Crippen LogP contribution in [0.2, 0.25) is 0 Å². The average molecular weight is 292 g/mol. The predicted molar refractivity (Wildman–Crippen MR) is 78.8 cm³/mol. The van der Waals surface area contributed by atoms with Crippen LogP contribution in [0.1, 0.15) is 38.2 Å². The maximum Gasteiger partial charge on any atom is 0.430 e. The van der Waals surface area contributed by atoms with E-state index in [0.29, 0.717) is 17.2 Å². The van der Waals surface area contributed by atoms with Gasteiger partial charge < -0.3 is 15.2 Å². The summed E-state index contributed by atoms with van der Waals surface area (Å²) in [6.07, 6.45) is 3.80. The molecule has 1 fully saturated rings. The zero-order chi connectivity index (χ0) is 15.2. The number of amides is 1. The number of hydrogen-bond acceptors (Lipinski definition) is 5. The number of methoxy groups -OCH3 is 1. The third-order valence-electron chi connectivity index (χ3n) is 3.45. The average Bonchev–Trinajstić information content (AvgIpc) is 2.97. The molecule has 0 radical (unpaired) electrons. The Kier molecular flexibility index (Phi) is 5.03. The number of primary amides is 1. The monoisotopic (exact) mass is 292 g/mol. The highest BCUT2D eigenvalue weighted by Gasteiger charge is 2.19. The van der Waals surface area contributed by atoms with Crippen molar-refractivity contribution >= 4 is 11.8 Å². The Morgan fingerprint density at radius 3 is 2.62 bits per heavy atom. The summed E-state index contributed by atoms with van der Waals surface area (Å²) in [6.45, 7) is 1.73. The lowest BCUT2D eigenvalue weighted by Gasteiger charge is -2.16. The van der Waals surface area contributed by atoms with E-state index in [2.05, 4.69) is 9.99 Å². The summed E-state index contributed by atoms with van der Waals surface area (Å²) in [5, 5.41) is 3.67. The van der Waals surface area contributed by atoms with Gasteiger partial charge in [-0.3, -0.25) is 4.84 Å². The predicted octanol–water partition coefficient (Wildman–Crippen LogP) is 2.84. The summed E-state index contributed by atoms with van der Waals surface area (Å²) < 4.78 is 11.3. The van der Waals surface area contributed by atoms with Gasteiger partial charge in [-0.1, -0.05) is 5.16 Å². The number of carbonyl (C=O) groups excluding carboxylic acids is 1. The van der Waals surface area contributed by atoms with Crippen molar-refractivity contribution < 1.29 is 19.1 Å². The lowest BCUT2D eigenvalue weighted by Crippen LogP contribution is -2.13. The zero-order valence-electron chi connectivity index (χ0n) is 12.3. The van der Waals surface area contributed by atoms with Gasteiger partial charge in [0.05, 0.1) is 18.9 Å². The molecular formula is C15H20N2O4. The van der Waals surface area contributed by atoms with E-state index in [1.54, 1.807) is 14.0 Å². The molecule has 1 aromatic carbocycles. The Bertz CT molecular complexity index is 536. The molecule has 114 valence electrons. The molecule has 1 aliphatic carbocycles. The molecule has 0 saturated heterocycles. The second-order valence-corrected chi connectivity index (χ2v) is 4.98. The van der Waals surface area contributed by atoms with Crippen molar-refractivity contribution in [3.05, 3.63) is 23.8 Å². The maximum absolute atomic E-state index is 10.6. The van der Waals surface area contributed by atoms with Crippen LogP contribution in [0.4, 0.5) is 4.79 Å². The summed E-state index contributed by atoms with van der Waals surface area (Å²) in [5.74, 6) is 1.35. The van der Waals surface area contributed by atoms with Crippen LogP contribution in [0.25, 0.3) is 0 Å². The zero-order valence-corrected chi connectivity index (χ0v) is 12.3. The van der Waals surface area contributed by atoms with E-state index in [9.17, 15) is 4.79 Å². The van der Waals surface area contributed by atoms with Gasteiger partial charge in [-0.05, 0) is 50.8 Å². The lowest BCUT2D eigenvalue weighted by atomic mass is 10.1. The smallest absolute Gasteiger partial charge is 0.430 e. The Morgan fingerprint density at radius 2 is 2.00 bits per heavy atom. The molecule has 6 nitrogen and oxygen atoms in total. The molecule has 0 spiro atoms. The van der Waals surface area contributed by atoms with Gasteiger partial charge in [0.25, 0.3) is 0 Å². The van der Waals surface area contributed by atoms with Crippen LogP contribution in [0.5, 0.6) is 11.5 Å². The molecule has 1 aromatic rings. The fourth-order valence-electron chi connectivity index (χ4n) is 2.35. The van der Waals surface area contributed by atoms with E-state index in [1.165, 1.54) is 12.8 Å². The SMILES string of the molecule is COc1ccc(/C(C)=N\OC(N)=O)cc1OC1CCCC1. The van der Waals surface area contributed by atoms with Crippen molar-refractivity contribution in [2.45, 2.75) is 38.7 Å². The van der Waals surface area contributed by atoms with Crippen LogP contribution < -0.4 is 15.2 Å². The molecule has 0 unspecified atom stereocenters. The maximum atomic E-state index is 10.6. The molecule has 1 amide bonds. The van der Waals surface area contributed by atoms with Crippen LogP contribution in [0, 0.1) is 0 Å². The lowest BCUT2D eigenvalue weighted by molar-refractivity contribution is 0.161. The molecule has 0 aliphatic heterocycles. The number of carbonyl (C=O) groups is 1. The van der Waals surface area contributed by atoms with E-state index >= 15 is 0 Å². The first kappa shape index (κ1) is 15.2. The second-order valence-electron chi connectivity index (χ2n) is 4.98. The molecule has 2 N–H and O–H groups in total. The minimum absolute atomic E-state index is 0.230. The molecular weight excluding hydrogens is 272 g/mol. The highest BCUT2D eigenvalue weighted by Crippen LogP contribution is 2.32. The number of nitrogens with two attached hydrogens (primary N) is 1. The van der Waals surface area contributed by atoms with Gasteiger partial charge in [0.2, 0.25) is 0 Å². The van der Waals surface area contributed by atoms with Gasteiger partial charge in [0.1, 0.15) is 0 Å². The highest BCUT2D eigenvalue weighted by atomic mass is 16.7. The van der Waals surface area contributed by atoms with Crippen molar-refractivity contribution in [2.75, 3.05) is 7.11 Å². The molecule has 2 rings (SSSR count).